The van der Waals surface area contributed by atoms with Crippen LogP contribution in [0, 0.1) is 5.92 Å². The van der Waals surface area contributed by atoms with Crippen molar-refractivity contribution in [1.29, 1.82) is 0 Å². The molecule has 3 rings (SSSR count). The summed E-state index contributed by atoms with van der Waals surface area (Å²) in [6.45, 7) is 1.62. The predicted molar refractivity (Wildman–Crippen MR) is 77.4 cm³/mol. The summed E-state index contributed by atoms with van der Waals surface area (Å²) in [6, 6.07) is 0. The first-order valence-electron chi connectivity index (χ1n) is 6.98. The summed E-state index contributed by atoms with van der Waals surface area (Å²) in [6.07, 6.45) is 8.28. The second-order valence-electron chi connectivity index (χ2n) is 5.14. The lowest BCUT2D eigenvalue weighted by molar-refractivity contribution is 0.122. The van der Waals surface area contributed by atoms with E-state index in [1.807, 2.05) is 0 Å². The number of aromatic amines is 1. The Morgan fingerprint density at radius 3 is 3.00 bits per heavy atom. The molecule has 1 N–H and O–H groups in total. The van der Waals surface area contributed by atoms with Crippen LogP contribution in [0.15, 0.2) is 35.9 Å². The molecule has 0 saturated carbocycles. The maximum atomic E-state index is 12.6. The highest BCUT2D eigenvalue weighted by Gasteiger charge is 2.30. The van der Waals surface area contributed by atoms with Gasteiger partial charge in [0.05, 0.1) is 25.1 Å². The van der Waals surface area contributed by atoms with E-state index in [1.165, 1.54) is 16.7 Å². The Morgan fingerprint density at radius 2 is 2.27 bits per heavy atom. The molecule has 0 spiro atoms. The van der Waals surface area contributed by atoms with Gasteiger partial charge in [-0.05, 0) is 6.42 Å². The lowest BCUT2D eigenvalue weighted by Crippen LogP contribution is -2.36. The van der Waals surface area contributed by atoms with E-state index < -0.39 is 10.0 Å². The van der Waals surface area contributed by atoms with Gasteiger partial charge in [0.2, 0.25) is 10.0 Å². The summed E-state index contributed by atoms with van der Waals surface area (Å²) in [5.41, 5.74) is 0.832. The van der Waals surface area contributed by atoms with Gasteiger partial charge in [0, 0.05) is 43.8 Å². The van der Waals surface area contributed by atoms with Crippen molar-refractivity contribution in [2.75, 3.05) is 26.3 Å². The molecule has 1 atom stereocenters. The molecule has 22 heavy (non-hydrogen) atoms. The maximum Gasteiger partial charge on any atom is 0.246 e. The van der Waals surface area contributed by atoms with E-state index in [4.69, 9.17) is 4.74 Å². The third-order valence-electron chi connectivity index (χ3n) is 3.53. The van der Waals surface area contributed by atoms with Crippen molar-refractivity contribution in [3.8, 4) is 0 Å². The molecule has 118 valence electrons. The molecule has 0 aromatic carbocycles. The third-order valence-corrected chi connectivity index (χ3v) is 5.36. The second kappa shape index (κ2) is 6.51. The first-order valence-corrected chi connectivity index (χ1v) is 8.42. The van der Waals surface area contributed by atoms with Crippen molar-refractivity contribution in [2.45, 2.75) is 11.3 Å². The second-order valence-corrected chi connectivity index (χ2v) is 7.08. The molecule has 1 aliphatic rings. The lowest BCUT2D eigenvalue weighted by Gasteiger charge is -2.22. The third kappa shape index (κ3) is 3.32. The highest BCUT2D eigenvalue weighted by molar-refractivity contribution is 7.89. The Hall–Kier alpha value is -1.84. The van der Waals surface area contributed by atoms with Gasteiger partial charge in [0.1, 0.15) is 4.90 Å². The van der Waals surface area contributed by atoms with Crippen LogP contribution in [0.4, 0.5) is 0 Å². The predicted octanol–water partition coefficient (Wildman–Crippen LogP) is 0.0795. The molecule has 0 aliphatic carbocycles. The van der Waals surface area contributed by atoms with Crippen LogP contribution >= 0.6 is 0 Å². The molecule has 9 heteroatoms. The molecular formula is C13H17N5O3S. The maximum absolute atomic E-state index is 12.6. The van der Waals surface area contributed by atoms with E-state index in [2.05, 4.69) is 20.2 Å². The minimum absolute atomic E-state index is 0.0425. The van der Waals surface area contributed by atoms with Crippen LogP contribution in [-0.2, 0) is 21.2 Å². The van der Waals surface area contributed by atoms with E-state index in [0.29, 0.717) is 32.7 Å². The molecule has 2 aromatic rings. The number of nitrogens with one attached hydrogen (secondary N) is 1. The topological polar surface area (TPSA) is 101 Å². The number of rotatable bonds is 4. The molecule has 3 heterocycles. The van der Waals surface area contributed by atoms with Gasteiger partial charge >= 0.3 is 0 Å². The fourth-order valence-corrected chi connectivity index (χ4v) is 3.86. The zero-order chi connectivity index (χ0) is 15.4. The molecule has 0 radical (unpaired) electrons. The Labute approximate surface area is 128 Å². The van der Waals surface area contributed by atoms with Gasteiger partial charge in [0.15, 0.2) is 0 Å². The molecule has 1 fully saturated rings. The molecule has 8 nitrogen and oxygen atoms in total. The Balaban J connectivity index is 1.76. The average molecular weight is 323 g/mol. The van der Waals surface area contributed by atoms with Crippen LogP contribution in [0.3, 0.4) is 0 Å². The number of hydrogen-bond acceptors (Lipinski definition) is 6. The van der Waals surface area contributed by atoms with E-state index in [-0.39, 0.29) is 10.8 Å². The molecule has 0 amide bonds. The summed E-state index contributed by atoms with van der Waals surface area (Å²) in [4.78, 5) is 8.45. The van der Waals surface area contributed by atoms with Crippen LogP contribution in [-0.4, -0.2) is 59.2 Å². The molecule has 1 saturated heterocycles. The fraction of sp³-hybridized carbons (Fsp3) is 0.462. The molecule has 1 aliphatic heterocycles. The van der Waals surface area contributed by atoms with Crippen molar-refractivity contribution in [1.82, 2.24) is 24.5 Å². The number of ether oxygens (including phenoxy) is 1. The Morgan fingerprint density at radius 1 is 1.36 bits per heavy atom. The SMILES string of the molecule is O=S(=O)(c1cn[nH]c1)N1CCOCC(Cc2cnccn2)C1. The monoisotopic (exact) mass is 323 g/mol. The van der Waals surface area contributed by atoms with Crippen LogP contribution in [0.2, 0.25) is 0 Å². The van der Waals surface area contributed by atoms with Crippen molar-refractivity contribution >= 4 is 10.0 Å². The van der Waals surface area contributed by atoms with E-state index in [9.17, 15) is 8.42 Å². The molecule has 1 unspecified atom stereocenters. The van der Waals surface area contributed by atoms with E-state index in [1.54, 1.807) is 18.6 Å². The zero-order valence-electron chi connectivity index (χ0n) is 11.9. The number of nitrogens with zero attached hydrogens (tertiary/aromatic N) is 4. The number of hydrogen-bond donors (Lipinski definition) is 1. The zero-order valence-corrected chi connectivity index (χ0v) is 12.7. The van der Waals surface area contributed by atoms with E-state index >= 15 is 0 Å². The molecule has 2 aromatic heterocycles. The van der Waals surface area contributed by atoms with Crippen molar-refractivity contribution in [3.05, 3.63) is 36.7 Å². The van der Waals surface area contributed by atoms with Gasteiger partial charge in [-0.15, -0.1) is 0 Å². The van der Waals surface area contributed by atoms with Crippen molar-refractivity contribution in [2.24, 2.45) is 5.92 Å². The summed E-state index contributed by atoms with van der Waals surface area (Å²) in [5, 5.41) is 6.25. The number of sulfonamides is 1. The quantitative estimate of drug-likeness (QED) is 0.855. The van der Waals surface area contributed by atoms with Gasteiger partial charge in [-0.2, -0.15) is 9.40 Å². The molecule has 0 bridgehead atoms. The summed E-state index contributed by atoms with van der Waals surface area (Å²) < 4.78 is 32.2. The molecular weight excluding hydrogens is 306 g/mol. The lowest BCUT2D eigenvalue weighted by atomic mass is 10.1. The van der Waals surface area contributed by atoms with Gasteiger partial charge in [-0.3, -0.25) is 15.1 Å². The minimum atomic E-state index is -3.54. The Kier molecular flexibility index (Phi) is 4.46. The first-order chi connectivity index (χ1) is 10.7. The van der Waals surface area contributed by atoms with Crippen LogP contribution in [0.1, 0.15) is 5.69 Å². The van der Waals surface area contributed by atoms with Crippen LogP contribution in [0.5, 0.6) is 0 Å². The van der Waals surface area contributed by atoms with Crippen LogP contribution < -0.4 is 0 Å². The minimum Gasteiger partial charge on any atom is -0.380 e. The highest BCUT2D eigenvalue weighted by atomic mass is 32.2. The average Bonchev–Trinajstić information content (AvgIpc) is 2.96. The highest BCUT2D eigenvalue weighted by Crippen LogP contribution is 2.19. The van der Waals surface area contributed by atoms with Gasteiger partial charge in [-0.1, -0.05) is 0 Å². The van der Waals surface area contributed by atoms with Gasteiger partial charge in [-0.25, -0.2) is 8.42 Å². The Bertz CT molecular complexity index is 690. The van der Waals surface area contributed by atoms with Gasteiger partial charge < -0.3 is 4.74 Å². The van der Waals surface area contributed by atoms with Crippen LogP contribution in [0.25, 0.3) is 0 Å². The largest absolute Gasteiger partial charge is 0.380 e. The fourth-order valence-electron chi connectivity index (χ4n) is 2.45. The normalized spacial score (nSPS) is 20.6. The summed E-state index contributed by atoms with van der Waals surface area (Å²) in [5.74, 6) is 0.0425. The van der Waals surface area contributed by atoms with E-state index in [0.717, 1.165) is 5.69 Å². The van der Waals surface area contributed by atoms with Crippen molar-refractivity contribution < 1.29 is 13.2 Å². The summed E-state index contributed by atoms with van der Waals surface area (Å²) in [7, 11) is -3.54. The summed E-state index contributed by atoms with van der Waals surface area (Å²) >= 11 is 0. The smallest absolute Gasteiger partial charge is 0.246 e. The van der Waals surface area contributed by atoms with Crippen molar-refractivity contribution in [3.63, 3.8) is 0 Å². The number of aromatic nitrogens is 4. The standard InChI is InChI=1S/C13H17N5O3S/c19-22(20,13-7-16-17-8-13)18-3-4-21-10-11(9-18)5-12-6-14-1-2-15-12/h1-2,6-8,11H,3-5,9-10H2,(H,16,17). The number of H-pyrrole nitrogens is 1. The van der Waals surface area contributed by atoms with Gasteiger partial charge in [0.25, 0.3) is 0 Å². The first kappa shape index (κ1) is 15.1.